The number of nitrogens with one attached hydrogen (secondary N) is 1. The summed E-state index contributed by atoms with van der Waals surface area (Å²) in [4.78, 5) is 8.01. The molecule has 3 nitrogen and oxygen atoms in total. The minimum Gasteiger partial charge on any atom is -0.385 e. The summed E-state index contributed by atoms with van der Waals surface area (Å²) in [5.41, 5.74) is 1.66. The first-order valence-electron chi connectivity index (χ1n) is 3.75. The van der Waals surface area contributed by atoms with Crippen molar-refractivity contribution in [3.8, 4) is 0 Å². The molecule has 0 fully saturated rings. The second kappa shape index (κ2) is 6.34. The molecule has 0 saturated carbocycles. The zero-order chi connectivity index (χ0) is 9.40. The number of nitrogens with zero attached hydrogens (tertiary/aromatic N) is 2. The molecular weight excluding hydrogens is 150 g/mol. The second-order valence-electron chi connectivity index (χ2n) is 2.03. The van der Waals surface area contributed by atoms with Gasteiger partial charge in [-0.1, -0.05) is 6.58 Å². The summed E-state index contributed by atoms with van der Waals surface area (Å²) in [7, 11) is 3.54. The highest BCUT2D eigenvalue weighted by Crippen LogP contribution is 2.01. The van der Waals surface area contributed by atoms with Gasteiger partial charge in [-0.3, -0.25) is 9.98 Å². The highest BCUT2D eigenvalue weighted by Gasteiger charge is 1.94. The van der Waals surface area contributed by atoms with E-state index in [-0.39, 0.29) is 0 Å². The SMILES string of the molecule is C=CC(/N=C\C)=C(\C=N/C)NC. The van der Waals surface area contributed by atoms with Crippen LogP contribution in [0.3, 0.4) is 0 Å². The Balaban J connectivity index is 4.85. The maximum absolute atomic E-state index is 4.12. The van der Waals surface area contributed by atoms with E-state index in [9.17, 15) is 0 Å². The van der Waals surface area contributed by atoms with Crippen molar-refractivity contribution in [2.24, 2.45) is 9.98 Å². The molecule has 0 aromatic heterocycles. The first kappa shape index (κ1) is 10.6. The molecule has 0 heterocycles. The Morgan fingerprint density at radius 3 is 2.50 bits per heavy atom. The Morgan fingerprint density at radius 1 is 1.50 bits per heavy atom. The van der Waals surface area contributed by atoms with Crippen LogP contribution in [-0.2, 0) is 0 Å². The van der Waals surface area contributed by atoms with Crippen LogP contribution < -0.4 is 5.32 Å². The van der Waals surface area contributed by atoms with E-state index in [0.717, 1.165) is 11.4 Å². The molecule has 0 aromatic rings. The molecule has 1 N–H and O–H groups in total. The number of rotatable bonds is 4. The van der Waals surface area contributed by atoms with Gasteiger partial charge >= 0.3 is 0 Å². The summed E-state index contributed by atoms with van der Waals surface area (Å²) < 4.78 is 0. The Bertz CT molecular complexity index is 224. The molecule has 3 heteroatoms. The lowest BCUT2D eigenvalue weighted by molar-refractivity contribution is 1.03. The first-order chi connectivity index (χ1) is 5.79. The summed E-state index contributed by atoms with van der Waals surface area (Å²) in [5.74, 6) is 0. The average molecular weight is 165 g/mol. The minimum absolute atomic E-state index is 0.797. The van der Waals surface area contributed by atoms with Crippen molar-refractivity contribution >= 4 is 12.4 Å². The van der Waals surface area contributed by atoms with Crippen LogP contribution in [0.15, 0.2) is 34.0 Å². The van der Waals surface area contributed by atoms with Crippen molar-refractivity contribution < 1.29 is 0 Å². The van der Waals surface area contributed by atoms with E-state index < -0.39 is 0 Å². The molecular formula is C9H15N3. The number of aliphatic imine (C=N–C) groups is 2. The van der Waals surface area contributed by atoms with Gasteiger partial charge in [0.05, 0.1) is 11.4 Å². The Labute approximate surface area is 73.6 Å². The van der Waals surface area contributed by atoms with Crippen molar-refractivity contribution in [2.45, 2.75) is 6.92 Å². The molecule has 0 aromatic carbocycles. The van der Waals surface area contributed by atoms with Crippen LogP contribution in [-0.4, -0.2) is 26.5 Å². The molecule has 0 aliphatic carbocycles. The molecule has 0 spiro atoms. The third-order valence-electron chi connectivity index (χ3n) is 1.27. The maximum atomic E-state index is 4.12. The fourth-order valence-electron chi connectivity index (χ4n) is 0.759. The maximum Gasteiger partial charge on any atom is 0.0866 e. The third kappa shape index (κ3) is 3.14. The van der Waals surface area contributed by atoms with Gasteiger partial charge in [-0.15, -0.1) is 0 Å². The fraction of sp³-hybridized carbons (Fsp3) is 0.333. The molecule has 12 heavy (non-hydrogen) atoms. The van der Waals surface area contributed by atoms with Crippen molar-refractivity contribution in [3.05, 3.63) is 24.0 Å². The van der Waals surface area contributed by atoms with Crippen molar-refractivity contribution in [1.29, 1.82) is 0 Å². The zero-order valence-corrected chi connectivity index (χ0v) is 7.83. The van der Waals surface area contributed by atoms with Crippen LogP contribution in [0, 0.1) is 0 Å². The standard InChI is InChI=1S/C9H15N3/c1-5-8(12-6-2)9(11-4)7-10-3/h5-7,11H,1H2,2-4H3/b9-8-,10-7-,12-6-. The lowest BCUT2D eigenvalue weighted by Gasteiger charge is -2.02. The van der Waals surface area contributed by atoms with Crippen molar-refractivity contribution in [2.75, 3.05) is 14.1 Å². The second-order valence-corrected chi connectivity index (χ2v) is 2.03. The van der Waals surface area contributed by atoms with E-state index in [0.29, 0.717) is 0 Å². The number of hydrogen-bond donors (Lipinski definition) is 1. The van der Waals surface area contributed by atoms with Gasteiger partial charge in [0.15, 0.2) is 0 Å². The summed E-state index contributed by atoms with van der Waals surface area (Å²) in [6, 6.07) is 0. The predicted molar refractivity (Wildman–Crippen MR) is 54.9 cm³/mol. The minimum atomic E-state index is 0.797. The molecule has 0 aliphatic heterocycles. The van der Waals surface area contributed by atoms with E-state index in [1.807, 2.05) is 14.0 Å². The predicted octanol–water partition coefficient (Wildman–Crippen LogP) is 1.39. The fourth-order valence-corrected chi connectivity index (χ4v) is 0.759. The molecule has 0 rings (SSSR count). The van der Waals surface area contributed by atoms with E-state index in [4.69, 9.17) is 0 Å². The van der Waals surface area contributed by atoms with Gasteiger partial charge in [0, 0.05) is 26.5 Å². The summed E-state index contributed by atoms with van der Waals surface area (Å²) in [6.45, 7) is 5.52. The van der Waals surface area contributed by atoms with Gasteiger partial charge in [0.1, 0.15) is 0 Å². The normalized spacial score (nSPS) is 13.6. The number of allylic oxidation sites excluding steroid dienone is 2. The Kier molecular flexibility index (Phi) is 5.61. The Hall–Kier alpha value is -1.38. The molecule has 0 amide bonds. The summed E-state index contributed by atoms with van der Waals surface area (Å²) >= 11 is 0. The van der Waals surface area contributed by atoms with Gasteiger partial charge in [-0.05, 0) is 13.0 Å². The van der Waals surface area contributed by atoms with E-state index in [1.165, 1.54) is 0 Å². The Morgan fingerprint density at radius 2 is 2.17 bits per heavy atom. The molecule has 0 radical (unpaired) electrons. The van der Waals surface area contributed by atoms with E-state index in [2.05, 4.69) is 21.9 Å². The molecule has 0 bridgehead atoms. The smallest absolute Gasteiger partial charge is 0.0866 e. The zero-order valence-electron chi connectivity index (χ0n) is 7.83. The van der Waals surface area contributed by atoms with E-state index >= 15 is 0 Å². The quantitative estimate of drug-likeness (QED) is 0.496. The van der Waals surface area contributed by atoms with E-state index in [1.54, 1.807) is 25.6 Å². The van der Waals surface area contributed by atoms with Gasteiger partial charge in [0.25, 0.3) is 0 Å². The molecule has 0 unspecified atom stereocenters. The van der Waals surface area contributed by atoms with Crippen molar-refractivity contribution in [3.63, 3.8) is 0 Å². The average Bonchev–Trinajstić information content (AvgIpc) is 2.11. The first-order valence-corrected chi connectivity index (χ1v) is 3.75. The lowest BCUT2D eigenvalue weighted by atomic mass is 10.3. The van der Waals surface area contributed by atoms with Crippen LogP contribution in [0.5, 0.6) is 0 Å². The lowest BCUT2D eigenvalue weighted by Crippen LogP contribution is -2.09. The van der Waals surface area contributed by atoms with Crippen LogP contribution in [0.25, 0.3) is 0 Å². The highest BCUT2D eigenvalue weighted by atomic mass is 14.9. The van der Waals surface area contributed by atoms with Crippen LogP contribution in [0.1, 0.15) is 6.92 Å². The van der Waals surface area contributed by atoms with Gasteiger partial charge in [0.2, 0.25) is 0 Å². The third-order valence-corrected chi connectivity index (χ3v) is 1.27. The summed E-state index contributed by atoms with van der Waals surface area (Å²) in [6.07, 6.45) is 5.12. The molecule has 66 valence electrons. The topological polar surface area (TPSA) is 36.8 Å². The summed E-state index contributed by atoms with van der Waals surface area (Å²) in [5, 5.41) is 2.98. The van der Waals surface area contributed by atoms with Gasteiger partial charge < -0.3 is 5.32 Å². The van der Waals surface area contributed by atoms with Crippen LogP contribution in [0.2, 0.25) is 0 Å². The number of hydrogen-bond acceptors (Lipinski definition) is 3. The van der Waals surface area contributed by atoms with Gasteiger partial charge in [-0.25, -0.2) is 0 Å². The molecule has 0 atom stereocenters. The molecule has 0 saturated heterocycles. The van der Waals surface area contributed by atoms with Gasteiger partial charge in [-0.2, -0.15) is 0 Å². The largest absolute Gasteiger partial charge is 0.385 e. The monoisotopic (exact) mass is 165 g/mol. The van der Waals surface area contributed by atoms with Crippen LogP contribution in [0.4, 0.5) is 0 Å². The highest BCUT2D eigenvalue weighted by molar-refractivity contribution is 5.80. The van der Waals surface area contributed by atoms with Crippen molar-refractivity contribution in [1.82, 2.24) is 5.32 Å². The van der Waals surface area contributed by atoms with Crippen LogP contribution >= 0.6 is 0 Å². The molecule has 0 aliphatic rings.